The van der Waals surface area contributed by atoms with Crippen molar-refractivity contribution in [3.63, 3.8) is 0 Å². The smallest absolute Gasteiger partial charge is 0.229 e. The number of benzene rings is 1. The van der Waals surface area contributed by atoms with Crippen molar-refractivity contribution in [1.82, 2.24) is 25.1 Å². The van der Waals surface area contributed by atoms with E-state index in [0.29, 0.717) is 23.4 Å². The van der Waals surface area contributed by atoms with Crippen LogP contribution in [0.15, 0.2) is 29.6 Å². The lowest BCUT2D eigenvalue weighted by Gasteiger charge is -2.26. The van der Waals surface area contributed by atoms with Crippen LogP contribution in [-0.4, -0.2) is 52.6 Å². The van der Waals surface area contributed by atoms with Gasteiger partial charge >= 0.3 is 0 Å². The predicted octanol–water partition coefficient (Wildman–Crippen LogP) is 4.75. The number of nitrogens with one attached hydrogen (secondary N) is 3. The summed E-state index contributed by atoms with van der Waals surface area (Å²) >= 11 is 0. The minimum Gasteiger partial charge on any atom is -0.489 e. The Morgan fingerprint density at radius 3 is 2.42 bits per heavy atom. The number of anilines is 4. The topological polar surface area (TPSA) is 123 Å². The van der Waals surface area contributed by atoms with Crippen LogP contribution in [0.2, 0.25) is 0 Å². The van der Waals surface area contributed by atoms with E-state index in [4.69, 9.17) is 4.74 Å². The molecule has 0 bridgehead atoms. The van der Waals surface area contributed by atoms with E-state index in [-0.39, 0.29) is 11.1 Å². The highest BCUT2D eigenvalue weighted by Crippen LogP contribution is 2.37. The summed E-state index contributed by atoms with van der Waals surface area (Å²) in [5, 5.41) is 13.5. The maximum atomic E-state index is 12.9. The molecule has 0 aliphatic carbocycles. The average Bonchev–Trinajstić information content (AvgIpc) is 3.23. The largest absolute Gasteiger partial charge is 0.489 e. The van der Waals surface area contributed by atoms with Gasteiger partial charge in [0.15, 0.2) is 0 Å². The Morgan fingerprint density at radius 2 is 1.76 bits per heavy atom. The maximum Gasteiger partial charge on any atom is 0.229 e. The van der Waals surface area contributed by atoms with Crippen molar-refractivity contribution in [2.24, 2.45) is 7.05 Å². The lowest BCUT2D eigenvalue weighted by Crippen LogP contribution is -2.27. The Kier molecular flexibility index (Phi) is 8.27. The number of hydrogen-bond donors (Lipinski definition) is 3. The number of aryl methyl sites for hydroxylation is 3. The standard InChI is InChI=1S/C27H39N7O3S/c1-16(2)37-24-13-21(20-8-10-28-11-9-20)18(5)12-22(24)31-27-29-14-19(6)25(32-27)30-23-15-34(7)33-26(23)38(35,36)17(3)4/h12-17,20,28H,8-11H2,1-7H3,(H2,29,30,31,32). The lowest BCUT2D eigenvalue weighted by atomic mass is 9.87. The van der Waals surface area contributed by atoms with Gasteiger partial charge in [-0.15, -0.1) is 0 Å². The Labute approximate surface area is 225 Å². The van der Waals surface area contributed by atoms with Gasteiger partial charge in [0.2, 0.25) is 20.8 Å². The summed E-state index contributed by atoms with van der Waals surface area (Å²) in [6, 6.07) is 4.25. The van der Waals surface area contributed by atoms with Crippen molar-refractivity contribution in [3.8, 4) is 5.75 Å². The Hall–Kier alpha value is -3.18. The second kappa shape index (κ2) is 11.3. The van der Waals surface area contributed by atoms with Crippen molar-refractivity contribution in [1.29, 1.82) is 0 Å². The average molecular weight is 542 g/mol. The molecule has 1 aromatic carbocycles. The monoisotopic (exact) mass is 541 g/mol. The van der Waals surface area contributed by atoms with E-state index in [9.17, 15) is 8.42 Å². The van der Waals surface area contributed by atoms with Gasteiger partial charge in [-0.05, 0) is 96.7 Å². The van der Waals surface area contributed by atoms with Crippen molar-refractivity contribution in [2.45, 2.75) is 76.7 Å². The summed E-state index contributed by atoms with van der Waals surface area (Å²) in [5.41, 5.74) is 4.44. The first-order chi connectivity index (χ1) is 18.0. The highest BCUT2D eigenvalue weighted by Gasteiger charge is 2.27. The van der Waals surface area contributed by atoms with Crippen LogP contribution < -0.4 is 20.7 Å². The predicted molar refractivity (Wildman–Crippen MR) is 151 cm³/mol. The molecule has 0 unspecified atom stereocenters. The number of hydrogen-bond acceptors (Lipinski definition) is 9. The van der Waals surface area contributed by atoms with Crippen molar-refractivity contribution < 1.29 is 13.2 Å². The summed E-state index contributed by atoms with van der Waals surface area (Å²) in [7, 11) is -1.90. The molecule has 1 aliphatic rings. The van der Waals surface area contributed by atoms with E-state index >= 15 is 0 Å². The lowest BCUT2D eigenvalue weighted by molar-refractivity contribution is 0.243. The molecule has 11 heteroatoms. The van der Waals surface area contributed by atoms with Crippen LogP contribution in [0.5, 0.6) is 5.75 Å². The van der Waals surface area contributed by atoms with Gasteiger partial charge in [0.05, 0.1) is 22.7 Å². The number of ether oxygens (including phenoxy) is 1. The van der Waals surface area contributed by atoms with Crippen LogP contribution in [0.1, 0.15) is 63.1 Å². The molecule has 0 atom stereocenters. The van der Waals surface area contributed by atoms with Gasteiger partial charge in [-0.3, -0.25) is 4.68 Å². The van der Waals surface area contributed by atoms with Gasteiger partial charge in [0.25, 0.3) is 0 Å². The maximum absolute atomic E-state index is 12.9. The van der Waals surface area contributed by atoms with Gasteiger partial charge in [0.1, 0.15) is 11.6 Å². The molecule has 4 rings (SSSR count). The quantitative estimate of drug-likeness (QED) is 0.352. The Morgan fingerprint density at radius 1 is 1.05 bits per heavy atom. The van der Waals surface area contributed by atoms with Crippen LogP contribution in [0, 0.1) is 13.8 Å². The molecule has 1 aliphatic heterocycles. The summed E-state index contributed by atoms with van der Waals surface area (Å²) in [6.07, 6.45) is 5.55. The van der Waals surface area contributed by atoms with E-state index < -0.39 is 15.1 Å². The minimum atomic E-state index is -3.59. The van der Waals surface area contributed by atoms with Gasteiger partial charge in [-0.2, -0.15) is 10.1 Å². The van der Waals surface area contributed by atoms with Gasteiger partial charge in [-0.1, -0.05) is 0 Å². The Bertz CT molecular complexity index is 1390. The van der Waals surface area contributed by atoms with Crippen molar-refractivity contribution in [3.05, 3.63) is 41.2 Å². The molecule has 3 N–H and O–H groups in total. The van der Waals surface area contributed by atoms with E-state index in [1.807, 2.05) is 20.8 Å². The molecule has 3 heterocycles. The van der Waals surface area contributed by atoms with Crippen molar-refractivity contribution >= 4 is 33.0 Å². The molecular weight excluding hydrogens is 502 g/mol. The fourth-order valence-electron chi connectivity index (χ4n) is 4.59. The molecule has 206 valence electrons. The molecule has 38 heavy (non-hydrogen) atoms. The van der Waals surface area contributed by atoms with E-state index in [0.717, 1.165) is 42.9 Å². The molecule has 2 aromatic heterocycles. The third-order valence-corrected chi connectivity index (χ3v) is 8.75. The second-order valence-electron chi connectivity index (χ2n) is 10.5. The zero-order valence-corrected chi connectivity index (χ0v) is 24.1. The molecule has 3 aromatic rings. The van der Waals surface area contributed by atoms with Gasteiger partial charge in [0, 0.05) is 25.0 Å². The van der Waals surface area contributed by atoms with Crippen LogP contribution in [0.3, 0.4) is 0 Å². The Balaban J connectivity index is 1.66. The summed E-state index contributed by atoms with van der Waals surface area (Å²) < 4.78 is 33.4. The zero-order chi connectivity index (χ0) is 27.6. The molecule has 0 radical (unpaired) electrons. The summed E-state index contributed by atoms with van der Waals surface area (Å²) in [4.78, 5) is 9.15. The fourth-order valence-corrected chi connectivity index (χ4v) is 5.69. The van der Waals surface area contributed by atoms with Crippen LogP contribution >= 0.6 is 0 Å². The molecule has 0 saturated carbocycles. The zero-order valence-electron chi connectivity index (χ0n) is 23.3. The number of sulfone groups is 1. The fraction of sp³-hybridized carbons (Fsp3) is 0.519. The van der Waals surface area contributed by atoms with Gasteiger partial charge < -0.3 is 20.7 Å². The van der Waals surface area contributed by atoms with E-state index in [1.54, 1.807) is 33.3 Å². The first-order valence-electron chi connectivity index (χ1n) is 13.1. The first-order valence-corrected chi connectivity index (χ1v) is 14.7. The molecule has 0 amide bonds. The minimum absolute atomic E-state index is 0.000678. The van der Waals surface area contributed by atoms with Crippen LogP contribution in [-0.2, 0) is 16.9 Å². The third-order valence-electron chi connectivity index (χ3n) is 6.67. The second-order valence-corrected chi connectivity index (χ2v) is 12.9. The highest BCUT2D eigenvalue weighted by molar-refractivity contribution is 7.92. The number of aromatic nitrogens is 4. The highest BCUT2D eigenvalue weighted by atomic mass is 32.2. The van der Waals surface area contributed by atoms with Crippen molar-refractivity contribution in [2.75, 3.05) is 23.7 Å². The molecule has 10 nitrogen and oxygen atoms in total. The summed E-state index contributed by atoms with van der Waals surface area (Å²) in [5.74, 6) is 2.13. The SMILES string of the molecule is Cc1cc(Nc2ncc(C)c(Nc3cn(C)nc3S(=O)(=O)C(C)C)n2)c(OC(C)C)cc1C1CCNCC1. The van der Waals surface area contributed by atoms with E-state index in [1.165, 1.54) is 15.8 Å². The van der Waals surface area contributed by atoms with Gasteiger partial charge in [-0.25, -0.2) is 13.4 Å². The molecule has 1 saturated heterocycles. The number of rotatable bonds is 9. The molecule has 1 fully saturated rings. The number of piperidine rings is 1. The normalized spacial score (nSPS) is 14.8. The van der Waals surface area contributed by atoms with E-state index in [2.05, 4.69) is 50.1 Å². The van der Waals surface area contributed by atoms with Crippen LogP contribution in [0.4, 0.5) is 23.1 Å². The third kappa shape index (κ3) is 6.10. The van der Waals surface area contributed by atoms with Crippen LogP contribution in [0.25, 0.3) is 0 Å². The first kappa shape index (κ1) is 27.8. The summed E-state index contributed by atoms with van der Waals surface area (Å²) in [6.45, 7) is 13.3. The number of nitrogens with zero attached hydrogens (tertiary/aromatic N) is 4. The molecular formula is C27H39N7O3S. The molecule has 0 spiro atoms.